The molecule has 0 aliphatic carbocycles. The summed E-state index contributed by atoms with van der Waals surface area (Å²) in [5, 5.41) is 1.16. The van der Waals surface area contributed by atoms with E-state index in [0.717, 1.165) is 35.8 Å². The molecule has 1 heterocycles. The Morgan fingerprint density at radius 2 is 2.05 bits per heavy atom. The van der Waals surface area contributed by atoms with Gasteiger partial charge in [-0.25, -0.2) is 4.98 Å². The van der Waals surface area contributed by atoms with Crippen molar-refractivity contribution in [3.05, 3.63) is 45.4 Å². The van der Waals surface area contributed by atoms with Gasteiger partial charge in [-0.15, -0.1) is 11.3 Å². The average Bonchev–Trinajstić information content (AvgIpc) is 2.84. The molecular weight excluding hydrogens is 286 g/mol. The molecule has 108 valence electrons. The van der Waals surface area contributed by atoms with Crippen LogP contribution in [0.5, 0.6) is 5.75 Å². The third-order valence-corrected chi connectivity index (χ3v) is 4.81. The Labute approximate surface area is 130 Å². The lowest BCUT2D eigenvalue weighted by Crippen LogP contribution is -2.02. The summed E-state index contributed by atoms with van der Waals surface area (Å²) in [6.45, 7) is 4.93. The van der Waals surface area contributed by atoms with Crippen molar-refractivity contribution in [3.8, 4) is 5.75 Å². The van der Waals surface area contributed by atoms with Crippen LogP contribution < -0.4 is 4.74 Å². The molecule has 2 rings (SSSR count). The third kappa shape index (κ3) is 4.00. The van der Waals surface area contributed by atoms with Crippen molar-refractivity contribution in [2.24, 2.45) is 0 Å². The predicted molar refractivity (Wildman–Crippen MR) is 89.2 cm³/mol. The number of aryl methyl sites for hydroxylation is 2. The molecule has 20 heavy (non-hydrogen) atoms. The van der Waals surface area contributed by atoms with Crippen molar-refractivity contribution in [2.45, 2.75) is 38.9 Å². The van der Waals surface area contributed by atoms with Crippen LogP contribution in [0.2, 0.25) is 0 Å². The molecular formula is C16H21NOS2. The summed E-state index contributed by atoms with van der Waals surface area (Å²) >= 11 is 6.16. The SMILES string of the molecule is CCCc1nc(CCOc2ccccc2C)sc1CS. The lowest BCUT2D eigenvalue weighted by Gasteiger charge is -2.07. The maximum absolute atomic E-state index is 5.83. The highest BCUT2D eigenvalue weighted by molar-refractivity contribution is 7.79. The summed E-state index contributed by atoms with van der Waals surface area (Å²) in [6, 6.07) is 8.11. The molecule has 0 saturated heterocycles. The van der Waals surface area contributed by atoms with E-state index >= 15 is 0 Å². The monoisotopic (exact) mass is 307 g/mol. The number of thiazole rings is 1. The molecule has 1 aromatic heterocycles. The highest BCUT2D eigenvalue weighted by atomic mass is 32.1. The second kappa shape index (κ2) is 7.70. The number of thiol groups is 1. The van der Waals surface area contributed by atoms with Gasteiger partial charge in [0.15, 0.2) is 0 Å². The van der Waals surface area contributed by atoms with Crippen molar-refractivity contribution < 1.29 is 4.74 Å². The molecule has 0 bridgehead atoms. The van der Waals surface area contributed by atoms with Crippen LogP contribution >= 0.6 is 24.0 Å². The Morgan fingerprint density at radius 3 is 2.75 bits per heavy atom. The van der Waals surface area contributed by atoms with Gasteiger partial charge in [0.05, 0.1) is 17.3 Å². The lowest BCUT2D eigenvalue weighted by molar-refractivity contribution is 0.319. The van der Waals surface area contributed by atoms with Crippen LogP contribution in [0.3, 0.4) is 0 Å². The fourth-order valence-corrected chi connectivity index (χ4v) is 3.40. The minimum atomic E-state index is 0.677. The van der Waals surface area contributed by atoms with Crippen molar-refractivity contribution in [2.75, 3.05) is 6.61 Å². The standard InChI is InChI=1S/C16H21NOS2/c1-3-6-13-15(11-19)20-16(17-13)9-10-18-14-8-5-4-7-12(14)2/h4-5,7-8,19H,3,6,9-11H2,1-2H3. The molecule has 1 aromatic carbocycles. The molecule has 0 fully saturated rings. The van der Waals surface area contributed by atoms with Gasteiger partial charge in [-0.1, -0.05) is 31.5 Å². The molecule has 2 aromatic rings. The highest BCUT2D eigenvalue weighted by Gasteiger charge is 2.09. The van der Waals surface area contributed by atoms with Gasteiger partial charge in [-0.2, -0.15) is 12.6 Å². The molecule has 0 amide bonds. The van der Waals surface area contributed by atoms with Crippen LogP contribution in [0.4, 0.5) is 0 Å². The van der Waals surface area contributed by atoms with Gasteiger partial charge in [-0.3, -0.25) is 0 Å². The van der Waals surface area contributed by atoms with E-state index in [-0.39, 0.29) is 0 Å². The second-order valence-electron chi connectivity index (χ2n) is 4.75. The number of hydrogen-bond donors (Lipinski definition) is 1. The van der Waals surface area contributed by atoms with Crippen molar-refractivity contribution in [1.29, 1.82) is 0 Å². The summed E-state index contributed by atoms with van der Waals surface area (Å²) in [6.07, 6.45) is 3.04. The number of ether oxygens (including phenoxy) is 1. The van der Waals surface area contributed by atoms with E-state index in [4.69, 9.17) is 9.72 Å². The van der Waals surface area contributed by atoms with Crippen molar-refractivity contribution in [3.63, 3.8) is 0 Å². The van der Waals surface area contributed by atoms with E-state index in [2.05, 4.69) is 32.5 Å². The van der Waals surface area contributed by atoms with Crippen LogP contribution in [0, 0.1) is 6.92 Å². The average molecular weight is 307 g/mol. The predicted octanol–water partition coefficient (Wildman–Crippen LogP) is 4.46. The molecule has 2 nitrogen and oxygen atoms in total. The van der Waals surface area contributed by atoms with Gasteiger partial charge in [0.25, 0.3) is 0 Å². The molecule has 4 heteroatoms. The first-order valence-electron chi connectivity index (χ1n) is 7.01. The van der Waals surface area contributed by atoms with E-state index in [9.17, 15) is 0 Å². The molecule has 0 aliphatic heterocycles. The maximum Gasteiger partial charge on any atom is 0.122 e. The number of benzene rings is 1. The largest absolute Gasteiger partial charge is 0.493 e. The normalized spacial score (nSPS) is 10.8. The first-order chi connectivity index (χ1) is 9.74. The number of hydrogen-bond acceptors (Lipinski definition) is 4. The molecule has 0 spiro atoms. The fourth-order valence-electron chi connectivity index (χ4n) is 2.07. The molecule has 0 unspecified atom stereocenters. The topological polar surface area (TPSA) is 22.1 Å². The van der Waals surface area contributed by atoms with Crippen molar-refractivity contribution >= 4 is 24.0 Å². The summed E-state index contributed by atoms with van der Waals surface area (Å²) in [5.74, 6) is 1.75. The van der Waals surface area contributed by atoms with Gasteiger partial charge in [-0.05, 0) is 25.0 Å². The van der Waals surface area contributed by atoms with Crippen LogP contribution in [0.1, 0.15) is 34.5 Å². The first kappa shape index (κ1) is 15.4. The van der Waals surface area contributed by atoms with Gasteiger partial charge in [0.1, 0.15) is 5.75 Å². The van der Waals surface area contributed by atoms with Gasteiger partial charge < -0.3 is 4.74 Å². The Bertz CT molecular complexity index is 551. The highest BCUT2D eigenvalue weighted by Crippen LogP contribution is 2.23. The van der Waals surface area contributed by atoms with Crippen LogP contribution in [-0.4, -0.2) is 11.6 Å². The smallest absolute Gasteiger partial charge is 0.122 e. The minimum absolute atomic E-state index is 0.677. The summed E-state index contributed by atoms with van der Waals surface area (Å²) in [7, 11) is 0. The molecule has 0 radical (unpaired) electrons. The number of nitrogens with zero attached hydrogens (tertiary/aromatic N) is 1. The number of para-hydroxylation sites is 1. The zero-order valence-electron chi connectivity index (χ0n) is 12.1. The summed E-state index contributed by atoms with van der Waals surface area (Å²) < 4.78 is 5.83. The van der Waals surface area contributed by atoms with E-state index < -0.39 is 0 Å². The van der Waals surface area contributed by atoms with Gasteiger partial charge in [0, 0.05) is 17.1 Å². The lowest BCUT2D eigenvalue weighted by atomic mass is 10.2. The van der Waals surface area contributed by atoms with E-state index in [0.29, 0.717) is 6.61 Å². The van der Waals surface area contributed by atoms with E-state index in [1.165, 1.54) is 16.1 Å². The minimum Gasteiger partial charge on any atom is -0.493 e. The number of aromatic nitrogens is 1. The van der Waals surface area contributed by atoms with Gasteiger partial charge >= 0.3 is 0 Å². The molecule has 0 atom stereocenters. The number of rotatable bonds is 7. The summed E-state index contributed by atoms with van der Waals surface area (Å²) in [5.41, 5.74) is 2.40. The Morgan fingerprint density at radius 1 is 1.25 bits per heavy atom. The quantitative estimate of drug-likeness (QED) is 0.763. The fraction of sp³-hybridized carbons (Fsp3) is 0.438. The Balaban J connectivity index is 1.92. The first-order valence-corrected chi connectivity index (χ1v) is 8.46. The molecule has 0 saturated carbocycles. The molecule has 0 N–H and O–H groups in total. The zero-order valence-corrected chi connectivity index (χ0v) is 13.8. The van der Waals surface area contributed by atoms with E-state index in [1.54, 1.807) is 11.3 Å². The third-order valence-electron chi connectivity index (χ3n) is 3.12. The Hall–Kier alpha value is -1.00. The zero-order chi connectivity index (χ0) is 14.4. The summed E-state index contributed by atoms with van der Waals surface area (Å²) in [4.78, 5) is 6.02. The van der Waals surface area contributed by atoms with Gasteiger partial charge in [0.2, 0.25) is 0 Å². The van der Waals surface area contributed by atoms with Crippen molar-refractivity contribution in [1.82, 2.24) is 4.98 Å². The van der Waals surface area contributed by atoms with Crippen LogP contribution in [0.25, 0.3) is 0 Å². The van der Waals surface area contributed by atoms with E-state index in [1.807, 2.05) is 18.2 Å². The Kier molecular flexibility index (Phi) is 5.92. The van der Waals surface area contributed by atoms with Crippen LogP contribution in [0.15, 0.2) is 24.3 Å². The maximum atomic E-state index is 5.83. The second-order valence-corrected chi connectivity index (χ2v) is 6.23. The molecule has 0 aliphatic rings. The van der Waals surface area contributed by atoms with Crippen LogP contribution in [-0.2, 0) is 18.6 Å².